The Morgan fingerprint density at radius 1 is 0.611 bits per heavy atom. The fraction of sp³-hybridized carbons (Fsp3) is 0.977. The van der Waals surface area contributed by atoms with Crippen molar-refractivity contribution in [2.45, 2.75) is 243 Å². The Kier molecular flexibility index (Phi) is 33.4. The molecule has 0 aromatic carbocycles. The molecule has 1 aliphatic rings. The highest BCUT2D eigenvalue weighted by Gasteiger charge is 2.44. The summed E-state index contributed by atoms with van der Waals surface area (Å²) in [4.78, 5) is 13.0. The van der Waals surface area contributed by atoms with Crippen LogP contribution in [0.15, 0.2) is 0 Å². The van der Waals surface area contributed by atoms with Crippen LogP contribution in [0.1, 0.15) is 194 Å². The van der Waals surface area contributed by atoms with Gasteiger partial charge in [-0.05, 0) is 38.8 Å². The molecule has 1 amide bonds. The van der Waals surface area contributed by atoms with E-state index in [2.05, 4.69) is 24.5 Å². The van der Waals surface area contributed by atoms with E-state index in [9.17, 15) is 35.4 Å². The van der Waals surface area contributed by atoms with Crippen molar-refractivity contribution in [1.82, 2.24) is 10.6 Å². The first-order valence-corrected chi connectivity index (χ1v) is 22.5. The number of hydrogen-bond acceptors (Lipinski definition) is 10. The normalized spacial score (nSPS) is 22.0. The molecule has 1 heterocycles. The van der Waals surface area contributed by atoms with Crippen molar-refractivity contribution < 1.29 is 44.9 Å². The fourth-order valence-electron chi connectivity index (χ4n) is 7.29. The van der Waals surface area contributed by atoms with E-state index in [0.29, 0.717) is 12.8 Å². The van der Waals surface area contributed by atoms with Crippen LogP contribution in [0, 0.1) is 0 Å². The lowest BCUT2D eigenvalue weighted by Crippen LogP contribution is -2.60. The molecule has 11 nitrogen and oxygen atoms in total. The van der Waals surface area contributed by atoms with Crippen molar-refractivity contribution in [3.05, 3.63) is 0 Å². The van der Waals surface area contributed by atoms with E-state index < -0.39 is 55.6 Å². The van der Waals surface area contributed by atoms with Gasteiger partial charge in [-0.2, -0.15) is 0 Å². The van der Waals surface area contributed by atoms with Crippen LogP contribution >= 0.6 is 0 Å². The van der Waals surface area contributed by atoms with Crippen LogP contribution < -0.4 is 10.6 Å². The number of amides is 1. The van der Waals surface area contributed by atoms with Crippen molar-refractivity contribution in [1.29, 1.82) is 0 Å². The summed E-state index contributed by atoms with van der Waals surface area (Å²) in [6.07, 6.45) is 22.0. The molecule has 322 valence electrons. The number of rotatable bonds is 38. The minimum absolute atomic E-state index is 0.261. The van der Waals surface area contributed by atoms with E-state index in [1.165, 1.54) is 116 Å². The number of aliphatic hydroxyl groups is 6. The van der Waals surface area contributed by atoms with Gasteiger partial charge in [-0.3, -0.25) is 4.79 Å². The van der Waals surface area contributed by atoms with Gasteiger partial charge in [-0.15, -0.1) is 0 Å². The Bertz CT molecular complexity index is 839. The van der Waals surface area contributed by atoms with Crippen molar-refractivity contribution in [2.75, 3.05) is 26.3 Å². The summed E-state index contributed by atoms with van der Waals surface area (Å²) >= 11 is 0. The van der Waals surface area contributed by atoms with Gasteiger partial charge in [-0.1, -0.05) is 162 Å². The summed E-state index contributed by atoms with van der Waals surface area (Å²) < 4.78 is 11.1. The maximum Gasteiger partial charge on any atom is 0.220 e. The molecule has 0 aromatic heterocycles. The second-order valence-corrected chi connectivity index (χ2v) is 16.0. The zero-order valence-electron chi connectivity index (χ0n) is 34.7. The smallest absolute Gasteiger partial charge is 0.220 e. The van der Waals surface area contributed by atoms with Crippen LogP contribution in [-0.4, -0.2) is 112 Å². The summed E-state index contributed by atoms with van der Waals surface area (Å²) in [6.45, 7) is 5.84. The van der Waals surface area contributed by atoms with E-state index >= 15 is 0 Å². The molecule has 0 spiro atoms. The van der Waals surface area contributed by atoms with Gasteiger partial charge >= 0.3 is 0 Å². The molecule has 0 unspecified atom stereocenters. The average molecular weight is 775 g/mol. The minimum atomic E-state index is -1.60. The van der Waals surface area contributed by atoms with Crippen LogP contribution in [0.4, 0.5) is 0 Å². The summed E-state index contributed by atoms with van der Waals surface area (Å²) in [5, 5.41) is 68.6. The number of hydrogen-bond donors (Lipinski definition) is 8. The van der Waals surface area contributed by atoms with Gasteiger partial charge in [-0.25, -0.2) is 0 Å². The number of aliphatic hydroxyl groups excluding tert-OH is 6. The largest absolute Gasteiger partial charge is 0.394 e. The van der Waals surface area contributed by atoms with Crippen molar-refractivity contribution in [2.24, 2.45) is 0 Å². The van der Waals surface area contributed by atoms with E-state index in [-0.39, 0.29) is 18.9 Å². The molecule has 0 saturated carbocycles. The van der Waals surface area contributed by atoms with Gasteiger partial charge in [0.15, 0.2) is 6.29 Å². The van der Waals surface area contributed by atoms with E-state index in [0.717, 1.165) is 58.0 Å². The molecule has 1 saturated heterocycles. The number of ether oxygens (including phenoxy) is 2. The molecule has 8 atom stereocenters. The third kappa shape index (κ3) is 25.4. The Morgan fingerprint density at radius 2 is 1.06 bits per heavy atom. The minimum Gasteiger partial charge on any atom is -0.394 e. The van der Waals surface area contributed by atoms with Gasteiger partial charge in [0.2, 0.25) is 5.91 Å². The average Bonchev–Trinajstić information content (AvgIpc) is 3.17. The Hall–Kier alpha value is -0.890. The third-order valence-electron chi connectivity index (χ3n) is 11.0. The lowest BCUT2D eigenvalue weighted by molar-refractivity contribution is -0.303. The fourth-order valence-corrected chi connectivity index (χ4v) is 7.29. The van der Waals surface area contributed by atoms with Crippen LogP contribution in [0.2, 0.25) is 0 Å². The summed E-state index contributed by atoms with van der Waals surface area (Å²) in [6, 6.07) is -0.988. The van der Waals surface area contributed by atoms with Gasteiger partial charge in [0, 0.05) is 6.42 Å². The number of carbonyl (C=O) groups excluding carboxylic acids is 1. The predicted molar refractivity (Wildman–Crippen MR) is 217 cm³/mol. The summed E-state index contributed by atoms with van der Waals surface area (Å²) in [7, 11) is 0. The predicted octanol–water partition coefficient (Wildman–Crippen LogP) is 6.56. The zero-order chi connectivity index (χ0) is 39.7. The first kappa shape index (κ1) is 51.1. The maximum absolute atomic E-state index is 13.0. The van der Waals surface area contributed by atoms with Gasteiger partial charge < -0.3 is 50.7 Å². The van der Waals surface area contributed by atoms with Gasteiger partial charge in [0.1, 0.15) is 30.5 Å². The van der Waals surface area contributed by atoms with Crippen LogP contribution in [0.3, 0.4) is 0 Å². The Labute approximate surface area is 329 Å². The number of unbranched alkanes of at least 4 members (excludes halogenated alkanes) is 23. The molecule has 0 aliphatic carbocycles. The van der Waals surface area contributed by atoms with Gasteiger partial charge in [0.05, 0.1) is 25.4 Å². The first-order chi connectivity index (χ1) is 26.3. The molecule has 0 bridgehead atoms. The van der Waals surface area contributed by atoms with Crippen LogP contribution in [-0.2, 0) is 14.3 Å². The summed E-state index contributed by atoms with van der Waals surface area (Å²) in [5.41, 5.74) is 0. The molecule has 54 heavy (non-hydrogen) atoms. The second-order valence-electron chi connectivity index (χ2n) is 16.0. The molecule has 1 aliphatic heterocycles. The van der Waals surface area contributed by atoms with E-state index in [1.54, 1.807) is 0 Å². The SMILES string of the molecule is CCCCCCCCCCCCCC[C@@H](O)[C@@H](O)[C@H](CO[C@H]1O[C@H](CO)[C@H](O)[C@H](O)[C@H]1O)NC(=O)CCCCCCCCCCCNCCCCCCC. The lowest BCUT2D eigenvalue weighted by atomic mass is 9.98. The highest BCUT2D eigenvalue weighted by molar-refractivity contribution is 5.76. The Balaban J connectivity index is 2.38. The molecule has 0 radical (unpaired) electrons. The molecule has 1 rings (SSSR count). The molecular weight excluding hydrogens is 688 g/mol. The highest BCUT2D eigenvalue weighted by Crippen LogP contribution is 2.23. The molecular formula is C43H86N2O9. The van der Waals surface area contributed by atoms with Crippen LogP contribution in [0.25, 0.3) is 0 Å². The van der Waals surface area contributed by atoms with E-state index in [1.807, 2.05) is 0 Å². The maximum atomic E-state index is 13.0. The van der Waals surface area contributed by atoms with E-state index in [4.69, 9.17) is 9.47 Å². The van der Waals surface area contributed by atoms with Crippen molar-refractivity contribution >= 4 is 5.91 Å². The number of carbonyl (C=O) groups is 1. The highest BCUT2D eigenvalue weighted by atomic mass is 16.7. The first-order valence-electron chi connectivity index (χ1n) is 22.5. The summed E-state index contributed by atoms with van der Waals surface area (Å²) in [5.74, 6) is -0.261. The zero-order valence-corrected chi connectivity index (χ0v) is 34.7. The van der Waals surface area contributed by atoms with Crippen LogP contribution in [0.5, 0.6) is 0 Å². The Morgan fingerprint density at radius 3 is 1.54 bits per heavy atom. The quantitative estimate of drug-likeness (QED) is 0.0320. The van der Waals surface area contributed by atoms with Crippen molar-refractivity contribution in [3.8, 4) is 0 Å². The van der Waals surface area contributed by atoms with Crippen molar-refractivity contribution in [3.63, 3.8) is 0 Å². The standard InChI is InChI=1S/C43H86N2O9/c1-3-5-7-9-10-11-12-13-15-18-21-25-29-36(47)39(49)35(34-53-43-42(52)41(51)40(50)37(33-46)54-43)45-38(48)30-26-22-19-16-14-17-20-24-28-32-44-31-27-23-8-6-4-2/h35-37,39-44,46-47,49-52H,3-34H2,1-2H3,(H,45,48)/t35-,36+,37+,39-,40-,41-,42+,43-/m0/s1. The molecule has 1 fully saturated rings. The molecule has 11 heteroatoms. The molecule has 8 N–H and O–H groups in total. The second kappa shape index (κ2) is 35.3. The number of nitrogens with one attached hydrogen (secondary N) is 2. The molecule has 0 aromatic rings. The monoisotopic (exact) mass is 775 g/mol. The van der Waals surface area contributed by atoms with Gasteiger partial charge in [0.25, 0.3) is 0 Å². The lowest BCUT2D eigenvalue weighted by Gasteiger charge is -2.40. The third-order valence-corrected chi connectivity index (χ3v) is 11.0. The topological polar surface area (TPSA) is 181 Å².